The Morgan fingerprint density at radius 1 is 1.05 bits per heavy atom. The standard InChI is InChI=1S/C30H41ClN4O5/c1-8-9-13-35(28(38)23(17-24(32)36)33-29(39)40-30(5,6)7)26(21-15-18(2)14-19(3)16-21)27(37)34-25-20(4)11-10-12-22(25)31/h10-12,14-16,23,26H,8-9,13,17H2,1-7H3,(H2,32,36)(H,33,39)(H,34,37). The number of rotatable bonds is 11. The molecule has 0 fully saturated rings. The summed E-state index contributed by atoms with van der Waals surface area (Å²) in [5.74, 6) is -1.90. The van der Waals surface area contributed by atoms with Gasteiger partial charge in [-0.05, 0) is 65.2 Å². The summed E-state index contributed by atoms with van der Waals surface area (Å²) in [6.07, 6.45) is -0.0389. The summed E-state index contributed by atoms with van der Waals surface area (Å²) in [5, 5.41) is 5.76. The maximum atomic E-state index is 14.1. The molecule has 0 aliphatic rings. The highest BCUT2D eigenvalue weighted by Crippen LogP contribution is 2.30. The third-order valence-corrected chi connectivity index (χ3v) is 6.33. The number of anilines is 1. The Hall–Kier alpha value is -3.59. The lowest BCUT2D eigenvalue weighted by Crippen LogP contribution is -2.53. The molecular weight excluding hydrogens is 532 g/mol. The number of alkyl carbamates (subject to hydrolysis) is 1. The van der Waals surface area contributed by atoms with E-state index in [9.17, 15) is 19.2 Å². The predicted octanol–water partition coefficient (Wildman–Crippen LogP) is 5.34. The van der Waals surface area contributed by atoms with Crippen LogP contribution < -0.4 is 16.4 Å². The molecule has 9 nitrogen and oxygen atoms in total. The number of carbonyl (C=O) groups excluding carboxylic acids is 4. The normalized spacial score (nSPS) is 12.7. The number of amides is 4. The van der Waals surface area contributed by atoms with E-state index < -0.39 is 47.9 Å². The minimum Gasteiger partial charge on any atom is -0.444 e. The van der Waals surface area contributed by atoms with Crippen molar-refractivity contribution < 1.29 is 23.9 Å². The monoisotopic (exact) mass is 572 g/mol. The average Bonchev–Trinajstić information content (AvgIpc) is 2.81. The van der Waals surface area contributed by atoms with E-state index in [2.05, 4.69) is 10.6 Å². The van der Waals surface area contributed by atoms with E-state index in [1.165, 1.54) is 4.90 Å². The van der Waals surface area contributed by atoms with Gasteiger partial charge in [-0.3, -0.25) is 14.4 Å². The van der Waals surface area contributed by atoms with Crippen LogP contribution in [0.15, 0.2) is 36.4 Å². The summed E-state index contributed by atoms with van der Waals surface area (Å²) >= 11 is 6.41. The van der Waals surface area contributed by atoms with Gasteiger partial charge in [0.2, 0.25) is 11.8 Å². The fraction of sp³-hybridized carbons (Fsp3) is 0.467. The molecule has 2 aromatic carbocycles. The Morgan fingerprint density at radius 3 is 2.20 bits per heavy atom. The van der Waals surface area contributed by atoms with Gasteiger partial charge in [-0.1, -0.05) is 66.4 Å². The third-order valence-electron chi connectivity index (χ3n) is 6.02. The number of aryl methyl sites for hydroxylation is 3. The molecule has 0 heterocycles. The molecule has 2 rings (SSSR count). The largest absolute Gasteiger partial charge is 0.444 e. The Labute approximate surface area is 241 Å². The number of unbranched alkanes of at least 4 members (excludes halogenated alkanes) is 1. The van der Waals surface area contributed by atoms with Crippen LogP contribution in [0.2, 0.25) is 5.02 Å². The minimum atomic E-state index is -1.34. The number of benzene rings is 2. The quantitative estimate of drug-likeness (QED) is 0.334. The second kappa shape index (κ2) is 14.2. The van der Waals surface area contributed by atoms with Crippen LogP contribution >= 0.6 is 11.6 Å². The number of para-hydroxylation sites is 1. The number of nitrogens with two attached hydrogens (primary N) is 1. The van der Waals surface area contributed by atoms with Gasteiger partial charge in [0.15, 0.2) is 0 Å². The number of hydrogen-bond donors (Lipinski definition) is 3. The first kappa shape index (κ1) is 32.6. The summed E-state index contributed by atoms with van der Waals surface area (Å²) in [4.78, 5) is 54.1. The SMILES string of the molecule is CCCCN(C(=O)C(CC(N)=O)NC(=O)OC(C)(C)C)C(C(=O)Nc1c(C)cccc1Cl)c1cc(C)cc(C)c1. The number of ether oxygens (including phenoxy) is 1. The zero-order chi connectivity index (χ0) is 30.2. The summed E-state index contributed by atoms with van der Waals surface area (Å²) in [5.41, 5.74) is 8.22. The second-order valence-corrected chi connectivity index (χ2v) is 11.4. The molecule has 0 aliphatic carbocycles. The van der Waals surface area contributed by atoms with Crippen molar-refractivity contribution in [3.05, 3.63) is 63.7 Å². The topological polar surface area (TPSA) is 131 Å². The van der Waals surface area contributed by atoms with Gasteiger partial charge < -0.3 is 26.0 Å². The molecule has 0 bridgehead atoms. The molecule has 0 aliphatic heterocycles. The molecule has 40 heavy (non-hydrogen) atoms. The number of halogens is 1. The number of primary amides is 1. The summed E-state index contributed by atoms with van der Waals surface area (Å²) in [7, 11) is 0. The summed E-state index contributed by atoms with van der Waals surface area (Å²) in [6, 6.07) is 8.49. The van der Waals surface area contributed by atoms with Gasteiger partial charge in [0.1, 0.15) is 17.7 Å². The molecule has 10 heteroatoms. The molecule has 0 radical (unpaired) electrons. The number of carbonyl (C=O) groups is 4. The molecule has 2 unspecified atom stereocenters. The molecule has 2 atom stereocenters. The van der Waals surface area contributed by atoms with Crippen molar-refractivity contribution in [2.45, 2.75) is 85.4 Å². The number of hydrogen-bond acceptors (Lipinski definition) is 5. The van der Waals surface area contributed by atoms with Crippen LogP contribution in [0, 0.1) is 20.8 Å². The maximum absolute atomic E-state index is 14.1. The summed E-state index contributed by atoms with van der Waals surface area (Å²) in [6.45, 7) is 12.8. The van der Waals surface area contributed by atoms with Crippen LogP contribution in [0.5, 0.6) is 0 Å². The lowest BCUT2D eigenvalue weighted by atomic mass is 9.97. The average molecular weight is 573 g/mol. The van der Waals surface area contributed by atoms with Crippen LogP contribution in [0.25, 0.3) is 0 Å². The lowest BCUT2D eigenvalue weighted by Gasteiger charge is -2.34. The molecule has 0 spiro atoms. The Balaban J connectivity index is 2.63. The van der Waals surface area contributed by atoms with Crippen LogP contribution in [-0.2, 0) is 19.1 Å². The van der Waals surface area contributed by atoms with Crippen LogP contribution in [-0.4, -0.2) is 46.9 Å². The fourth-order valence-electron chi connectivity index (χ4n) is 4.37. The summed E-state index contributed by atoms with van der Waals surface area (Å²) < 4.78 is 5.32. The van der Waals surface area contributed by atoms with E-state index in [1.54, 1.807) is 32.9 Å². The van der Waals surface area contributed by atoms with Crippen molar-refractivity contribution in [2.24, 2.45) is 5.73 Å². The first-order valence-electron chi connectivity index (χ1n) is 13.4. The molecule has 2 aromatic rings. The molecule has 0 aromatic heterocycles. The number of nitrogens with zero attached hydrogens (tertiary/aromatic N) is 1. The lowest BCUT2D eigenvalue weighted by molar-refractivity contribution is -0.142. The van der Waals surface area contributed by atoms with Gasteiger partial charge in [0.05, 0.1) is 17.1 Å². The number of nitrogens with one attached hydrogen (secondary N) is 2. The molecule has 4 N–H and O–H groups in total. The van der Waals surface area contributed by atoms with Crippen molar-refractivity contribution in [1.29, 1.82) is 0 Å². The van der Waals surface area contributed by atoms with Gasteiger partial charge in [0, 0.05) is 6.54 Å². The highest BCUT2D eigenvalue weighted by atomic mass is 35.5. The van der Waals surface area contributed by atoms with Crippen LogP contribution in [0.4, 0.5) is 10.5 Å². The van der Waals surface area contributed by atoms with Crippen LogP contribution in [0.1, 0.15) is 75.3 Å². The maximum Gasteiger partial charge on any atom is 0.408 e. The van der Waals surface area contributed by atoms with E-state index in [0.717, 1.165) is 23.1 Å². The van der Waals surface area contributed by atoms with Crippen molar-refractivity contribution in [3.63, 3.8) is 0 Å². The molecule has 0 saturated heterocycles. The predicted molar refractivity (Wildman–Crippen MR) is 157 cm³/mol. The minimum absolute atomic E-state index is 0.188. The first-order valence-corrected chi connectivity index (χ1v) is 13.7. The molecule has 4 amide bonds. The van der Waals surface area contributed by atoms with Crippen molar-refractivity contribution in [2.75, 3.05) is 11.9 Å². The Bertz CT molecular complexity index is 1200. The van der Waals surface area contributed by atoms with Crippen LogP contribution in [0.3, 0.4) is 0 Å². The smallest absolute Gasteiger partial charge is 0.408 e. The first-order chi connectivity index (χ1) is 18.6. The molecule has 218 valence electrons. The van der Waals surface area contributed by atoms with Gasteiger partial charge in [-0.15, -0.1) is 0 Å². The van der Waals surface area contributed by atoms with E-state index >= 15 is 0 Å². The van der Waals surface area contributed by atoms with Gasteiger partial charge >= 0.3 is 6.09 Å². The van der Waals surface area contributed by atoms with Gasteiger partial charge in [-0.2, -0.15) is 0 Å². The van der Waals surface area contributed by atoms with Crippen molar-refractivity contribution in [3.8, 4) is 0 Å². The molecular formula is C30H41ClN4O5. The van der Waals surface area contributed by atoms with Crippen molar-refractivity contribution >= 4 is 41.1 Å². The fourth-order valence-corrected chi connectivity index (χ4v) is 4.64. The second-order valence-electron chi connectivity index (χ2n) is 11.0. The van der Waals surface area contributed by atoms with E-state index in [-0.39, 0.29) is 6.54 Å². The zero-order valence-electron chi connectivity index (χ0n) is 24.4. The van der Waals surface area contributed by atoms with E-state index in [4.69, 9.17) is 22.1 Å². The highest BCUT2D eigenvalue weighted by molar-refractivity contribution is 6.34. The van der Waals surface area contributed by atoms with E-state index in [1.807, 2.05) is 52.0 Å². The van der Waals surface area contributed by atoms with E-state index in [0.29, 0.717) is 22.7 Å². The molecule has 0 saturated carbocycles. The Kier molecular flexibility index (Phi) is 11.5. The Morgan fingerprint density at radius 2 is 1.68 bits per heavy atom. The van der Waals surface area contributed by atoms with Gasteiger partial charge in [-0.25, -0.2) is 4.79 Å². The zero-order valence-corrected chi connectivity index (χ0v) is 25.1. The van der Waals surface area contributed by atoms with Crippen molar-refractivity contribution in [1.82, 2.24) is 10.2 Å². The third kappa shape index (κ3) is 9.55. The van der Waals surface area contributed by atoms with Gasteiger partial charge in [0.25, 0.3) is 5.91 Å². The highest BCUT2D eigenvalue weighted by Gasteiger charge is 2.37.